The number of nitrogens with one attached hydrogen (secondary N) is 2. The van der Waals surface area contributed by atoms with E-state index in [1.54, 1.807) is 12.1 Å². The summed E-state index contributed by atoms with van der Waals surface area (Å²) in [4.78, 5) is 34.4. The van der Waals surface area contributed by atoms with Crippen LogP contribution in [0.25, 0.3) is 10.2 Å². The van der Waals surface area contributed by atoms with Crippen LogP contribution in [-0.2, 0) is 11.0 Å². The monoisotopic (exact) mass is 618 g/mol. The summed E-state index contributed by atoms with van der Waals surface area (Å²) >= 11 is 1.40. The molecule has 8 nitrogen and oxygen atoms in total. The lowest BCUT2D eigenvalue weighted by molar-refractivity contribution is -0.140. The number of alkyl halides is 3. The minimum atomic E-state index is -4.90. The fourth-order valence-corrected chi connectivity index (χ4v) is 9.00. The number of halogens is 4. The zero-order valence-corrected chi connectivity index (χ0v) is 24.0. The first-order chi connectivity index (χ1) is 20.5. The Morgan fingerprint density at radius 1 is 1.07 bits per heavy atom. The molecular weight excluding hydrogens is 588 g/mol. The molecule has 43 heavy (non-hydrogen) atoms. The number of anilines is 2. The number of ether oxygens (including phenoxy) is 1. The Morgan fingerprint density at radius 2 is 1.81 bits per heavy atom. The molecule has 4 bridgehead atoms. The van der Waals surface area contributed by atoms with E-state index in [1.807, 2.05) is 0 Å². The van der Waals surface area contributed by atoms with Gasteiger partial charge >= 0.3 is 6.18 Å². The number of benzene rings is 2. The van der Waals surface area contributed by atoms with Crippen molar-refractivity contribution in [1.29, 1.82) is 0 Å². The first-order valence-electron chi connectivity index (χ1n) is 14.4. The van der Waals surface area contributed by atoms with Gasteiger partial charge in [-0.05, 0) is 80.7 Å². The van der Waals surface area contributed by atoms with Crippen molar-refractivity contribution >= 4 is 44.2 Å². The van der Waals surface area contributed by atoms with Gasteiger partial charge in [0.25, 0.3) is 5.91 Å². The molecule has 13 heteroatoms. The Hall–Kier alpha value is -3.45. The molecule has 7 rings (SSSR count). The number of aromatic nitrogens is 1. The number of aliphatic hydroxyl groups excluding tert-OH is 1. The maximum atomic E-state index is 13.9. The highest BCUT2D eigenvalue weighted by Crippen LogP contribution is 2.50. The second-order valence-electron chi connectivity index (χ2n) is 12.1. The summed E-state index contributed by atoms with van der Waals surface area (Å²) in [5.41, 5.74) is -0.635. The van der Waals surface area contributed by atoms with Crippen molar-refractivity contribution in [2.24, 2.45) is 17.8 Å². The maximum Gasteiger partial charge on any atom is 0.419 e. The lowest BCUT2D eigenvalue weighted by Gasteiger charge is -2.54. The first kappa shape index (κ1) is 28.3. The summed E-state index contributed by atoms with van der Waals surface area (Å²) in [5, 5.41) is 16.5. The van der Waals surface area contributed by atoms with Crippen molar-refractivity contribution in [3.05, 3.63) is 47.3 Å². The second-order valence-corrected chi connectivity index (χ2v) is 13.1. The summed E-state index contributed by atoms with van der Waals surface area (Å²) in [6.45, 7) is 0. The van der Waals surface area contributed by atoms with Gasteiger partial charge in [-0.3, -0.25) is 9.59 Å². The van der Waals surface area contributed by atoms with Crippen LogP contribution in [0.2, 0.25) is 0 Å². The van der Waals surface area contributed by atoms with E-state index < -0.39 is 41.3 Å². The first-order valence-corrected chi connectivity index (χ1v) is 15.3. The number of thiazole rings is 1. The number of amides is 2. The molecule has 2 saturated heterocycles. The highest BCUT2D eigenvalue weighted by molar-refractivity contribution is 7.22. The molecule has 4 fully saturated rings. The van der Waals surface area contributed by atoms with E-state index in [0.717, 1.165) is 36.9 Å². The predicted octanol–water partition coefficient (Wildman–Crippen LogP) is 5.35. The molecule has 3 N–H and O–H groups in total. The van der Waals surface area contributed by atoms with Gasteiger partial charge in [0.05, 0.1) is 34.9 Å². The van der Waals surface area contributed by atoms with Gasteiger partial charge in [-0.2, -0.15) is 13.2 Å². The third kappa shape index (κ3) is 4.80. The molecule has 2 aliphatic heterocycles. The average molecular weight is 619 g/mol. The van der Waals surface area contributed by atoms with Gasteiger partial charge in [0.2, 0.25) is 5.91 Å². The molecule has 2 aromatic carbocycles. The number of aliphatic hydroxyl groups is 1. The highest BCUT2D eigenvalue weighted by atomic mass is 32.1. The van der Waals surface area contributed by atoms with E-state index in [-0.39, 0.29) is 35.7 Å². The molecule has 1 aromatic heterocycles. The van der Waals surface area contributed by atoms with Gasteiger partial charge in [0.1, 0.15) is 17.1 Å². The molecule has 228 valence electrons. The van der Waals surface area contributed by atoms with Crippen molar-refractivity contribution < 1.29 is 37.0 Å². The van der Waals surface area contributed by atoms with Gasteiger partial charge in [0.15, 0.2) is 5.13 Å². The highest BCUT2D eigenvalue weighted by Gasteiger charge is 2.52. The molecule has 4 aliphatic rings. The lowest BCUT2D eigenvalue weighted by atomic mass is 9.78. The summed E-state index contributed by atoms with van der Waals surface area (Å²) in [6.07, 6.45) is -0.515. The van der Waals surface area contributed by atoms with Crippen LogP contribution in [0.3, 0.4) is 0 Å². The molecule has 7 atom stereocenters. The quantitative estimate of drug-likeness (QED) is 0.322. The molecule has 0 radical (unpaired) electrons. The standard InChI is InChI=1S/C30H30F4N4O4S/c1-42-22-7-6-21-26(43-29(36-21)38-16-10-17(38)12-18(39)11-16)24(22)28(41)37-25-14-3-2-13(8-14)23(25)27(40)35-15-4-5-20(31)19(9-15)30(32,33)34/h4-7,9,13-14,16-18,23,25,39H,2-3,8,10-12H2,1H3,(H,35,40)(H,37,41)/t13-,14+,16-,17+,18?,23+,25-/m1/s1. The number of carbonyl (C=O) groups is 2. The zero-order chi connectivity index (χ0) is 30.2. The maximum absolute atomic E-state index is 13.9. The molecule has 0 spiro atoms. The molecule has 2 aliphatic carbocycles. The number of methoxy groups -OCH3 is 1. The average Bonchev–Trinajstić information content (AvgIpc) is 3.67. The third-order valence-corrected chi connectivity index (χ3v) is 10.8. The lowest BCUT2D eigenvalue weighted by Crippen LogP contribution is -2.62. The van der Waals surface area contributed by atoms with Crippen LogP contribution in [0, 0.1) is 23.6 Å². The van der Waals surface area contributed by atoms with Crippen LogP contribution in [0.15, 0.2) is 30.3 Å². The van der Waals surface area contributed by atoms with Crippen LogP contribution in [0.4, 0.5) is 28.4 Å². The van der Waals surface area contributed by atoms with Gasteiger partial charge in [-0.1, -0.05) is 11.3 Å². The van der Waals surface area contributed by atoms with Gasteiger partial charge in [0, 0.05) is 23.8 Å². The van der Waals surface area contributed by atoms with E-state index in [1.165, 1.54) is 18.4 Å². The minimum Gasteiger partial charge on any atom is -0.496 e. The van der Waals surface area contributed by atoms with E-state index in [2.05, 4.69) is 15.5 Å². The summed E-state index contributed by atoms with van der Waals surface area (Å²) in [7, 11) is 1.48. The third-order valence-electron chi connectivity index (χ3n) is 9.65. The van der Waals surface area contributed by atoms with Crippen molar-refractivity contribution in [1.82, 2.24) is 10.3 Å². The van der Waals surface area contributed by atoms with E-state index in [4.69, 9.17) is 9.72 Å². The summed E-state index contributed by atoms with van der Waals surface area (Å²) in [6, 6.07) is 5.78. The van der Waals surface area contributed by atoms with Crippen LogP contribution in [-0.4, -0.2) is 53.2 Å². The Labute approximate surface area is 248 Å². The van der Waals surface area contributed by atoms with E-state index >= 15 is 0 Å². The van der Waals surface area contributed by atoms with Crippen LogP contribution in [0.5, 0.6) is 5.75 Å². The van der Waals surface area contributed by atoms with Gasteiger partial charge < -0.3 is 25.4 Å². The molecule has 3 aromatic rings. The Kier molecular flexibility index (Phi) is 6.80. The molecule has 2 saturated carbocycles. The Bertz CT molecular complexity index is 1600. The van der Waals surface area contributed by atoms with Crippen LogP contribution in [0.1, 0.15) is 54.4 Å². The predicted molar refractivity (Wildman–Crippen MR) is 152 cm³/mol. The van der Waals surface area contributed by atoms with E-state index in [9.17, 15) is 32.3 Å². The molecule has 2 amide bonds. The normalized spacial score (nSPS) is 29.4. The Morgan fingerprint density at radius 3 is 2.53 bits per heavy atom. The van der Waals surface area contributed by atoms with E-state index in [0.29, 0.717) is 46.5 Å². The summed E-state index contributed by atoms with van der Waals surface area (Å²) in [5.74, 6) is -2.61. The van der Waals surface area contributed by atoms with Crippen LogP contribution >= 0.6 is 11.3 Å². The Balaban J connectivity index is 1.15. The van der Waals surface area contributed by atoms with Gasteiger partial charge in [-0.25, -0.2) is 9.37 Å². The summed E-state index contributed by atoms with van der Waals surface area (Å²) < 4.78 is 59.8. The topological polar surface area (TPSA) is 104 Å². The number of carbonyl (C=O) groups excluding carboxylic acids is 2. The number of hydrogen-bond acceptors (Lipinski definition) is 7. The smallest absolute Gasteiger partial charge is 0.419 e. The zero-order valence-electron chi connectivity index (χ0n) is 23.2. The number of piperidine rings is 1. The second kappa shape index (κ2) is 10.3. The number of fused-ring (bicyclic) bond motifs is 5. The van der Waals surface area contributed by atoms with Crippen molar-refractivity contribution in [3.63, 3.8) is 0 Å². The van der Waals surface area contributed by atoms with Crippen molar-refractivity contribution in [3.8, 4) is 5.75 Å². The number of rotatable bonds is 6. The minimum absolute atomic E-state index is 0.0355. The van der Waals surface area contributed by atoms with Crippen molar-refractivity contribution in [2.75, 3.05) is 17.3 Å². The number of hydrogen-bond donors (Lipinski definition) is 3. The number of nitrogens with zero attached hydrogens (tertiary/aromatic N) is 2. The van der Waals surface area contributed by atoms with Crippen molar-refractivity contribution in [2.45, 2.75) is 68.9 Å². The molecule has 3 heterocycles. The fourth-order valence-electron chi connectivity index (χ4n) is 7.76. The SMILES string of the molecule is COc1ccc2nc(N3[C@@H]4CC(O)C[C@H]3C4)sc2c1C(=O)N[C@@H]1[C@H]2CC[C@H](C2)[C@@H]1C(=O)Nc1ccc(F)c(C(F)(F)F)c1. The fraction of sp³-hybridized carbons (Fsp3) is 0.500. The molecular formula is C30H30F4N4O4S. The largest absolute Gasteiger partial charge is 0.496 e. The van der Waals surface area contributed by atoms with Gasteiger partial charge in [-0.15, -0.1) is 0 Å². The molecule has 1 unspecified atom stereocenters. The van der Waals surface area contributed by atoms with Crippen LogP contribution < -0.4 is 20.3 Å².